The van der Waals surface area contributed by atoms with E-state index in [2.05, 4.69) is 0 Å². The van der Waals surface area contributed by atoms with Crippen LogP contribution in [0.5, 0.6) is 0 Å². The second kappa shape index (κ2) is 9.02. The average Bonchev–Trinajstić information content (AvgIpc) is 2.48. The fraction of sp³-hybridized carbons (Fsp3) is 0.571. The van der Waals surface area contributed by atoms with Crippen LogP contribution in [0.2, 0.25) is 0 Å². The average molecular weight is 378 g/mol. The van der Waals surface area contributed by atoms with Crippen LogP contribution in [0, 0.1) is 5.92 Å². The maximum absolute atomic E-state index is 12.5. The van der Waals surface area contributed by atoms with Gasteiger partial charge in [-0.3, -0.25) is 14.4 Å². The van der Waals surface area contributed by atoms with E-state index in [1.807, 2.05) is 0 Å². The second-order valence-corrected chi connectivity index (χ2v) is 8.53. The highest BCUT2D eigenvalue weighted by Crippen LogP contribution is 2.20. The van der Waals surface area contributed by atoms with E-state index in [0.29, 0.717) is 6.42 Å². The summed E-state index contributed by atoms with van der Waals surface area (Å²) in [6, 6.07) is 7.19. The number of ether oxygens (including phenoxy) is 2. The highest BCUT2D eigenvalue weighted by atomic mass is 16.6. The predicted octanol–water partition coefficient (Wildman–Crippen LogP) is 3.55. The summed E-state index contributed by atoms with van der Waals surface area (Å²) < 4.78 is 10.8. The van der Waals surface area contributed by atoms with E-state index in [1.54, 1.807) is 65.8 Å². The van der Waals surface area contributed by atoms with E-state index in [4.69, 9.17) is 14.6 Å². The molecule has 1 N–H and O–H groups in total. The van der Waals surface area contributed by atoms with Crippen LogP contribution >= 0.6 is 0 Å². The summed E-state index contributed by atoms with van der Waals surface area (Å²) in [5.41, 5.74) is 0.235. The first-order chi connectivity index (χ1) is 12.3. The Labute approximate surface area is 160 Å². The number of carboxylic acid groups (broad SMARTS) is 1. The maximum Gasteiger partial charge on any atom is 0.321 e. The molecule has 0 aliphatic heterocycles. The highest BCUT2D eigenvalue weighted by molar-refractivity contribution is 5.95. The summed E-state index contributed by atoms with van der Waals surface area (Å²) in [4.78, 5) is 35.8. The minimum absolute atomic E-state index is 0.0534. The van der Waals surface area contributed by atoms with Crippen LogP contribution in [0.3, 0.4) is 0 Å². The minimum atomic E-state index is -1.06. The van der Waals surface area contributed by atoms with Crippen molar-refractivity contribution in [2.45, 2.75) is 72.0 Å². The first-order valence-corrected chi connectivity index (χ1v) is 9.02. The van der Waals surface area contributed by atoms with Crippen LogP contribution in [0.25, 0.3) is 0 Å². The molecule has 0 atom stereocenters. The van der Waals surface area contributed by atoms with E-state index < -0.39 is 35.0 Å². The summed E-state index contributed by atoms with van der Waals surface area (Å²) in [6.45, 7) is 10.5. The van der Waals surface area contributed by atoms with Crippen LogP contribution in [0.1, 0.15) is 59.1 Å². The number of carboxylic acids is 1. The zero-order valence-corrected chi connectivity index (χ0v) is 17.0. The lowest BCUT2D eigenvalue weighted by molar-refractivity contribution is -0.174. The van der Waals surface area contributed by atoms with Gasteiger partial charge in [0.2, 0.25) is 0 Å². The van der Waals surface area contributed by atoms with Gasteiger partial charge in [0.25, 0.3) is 0 Å². The molecule has 0 fully saturated rings. The third-order valence-corrected chi connectivity index (χ3v) is 3.47. The second-order valence-electron chi connectivity index (χ2n) is 8.53. The summed E-state index contributed by atoms with van der Waals surface area (Å²) >= 11 is 0. The lowest BCUT2D eigenvalue weighted by Crippen LogP contribution is -2.38. The summed E-state index contributed by atoms with van der Waals surface area (Å²) in [5, 5.41) is 8.75. The van der Waals surface area contributed by atoms with Gasteiger partial charge in [0.05, 0.1) is 0 Å². The minimum Gasteiger partial charge on any atom is -0.481 e. The van der Waals surface area contributed by atoms with Crippen LogP contribution < -0.4 is 0 Å². The molecule has 0 amide bonds. The van der Waals surface area contributed by atoms with Gasteiger partial charge in [-0.15, -0.1) is 0 Å². The lowest BCUT2D eigenvalue weighted by Gasteiger charge is -2.26. The first kappa shape index (κ1) is 22.7. The Hall–Kier alpha value is -2.37. The molecule has 1 aromatic rings. The van der Waals surface area contributed by atoms with Crippen molar-refractivity contribution in [1.82, 2.24) is 0 Å². The summed E-state index contributed by atoms with van der Waals surface area (Å²) in [5.74, 6) is -3.15. The van der Waals surface area contributed by atoms with Gasteiger partial charge in [-0.1, -0.05) is 24.3 Å². The van der Waals surface area contributed by atoms with E-state index in [-0.39, 0.29) is 12.8 Å². The van der Waals surface area contributed by atoms with E-state index >= 15 is 0 Å². The topological polar surface area (TPSA) is 89.9 Å². The third kappa shape index (κ3) is 9.22. The van der Waals surface area contributed by atoms with Crippen LogP contribution in [-0.2, 0) is 36.7 Å². The van der Waals surface area contributed by atoms with Crippen molar-refractivity contribution in [1.29, 1.82) is 0 Å². The number of aliphatic carboxylic acids is 1. The number of aryl methyl sites for hydroxylation is 1. The number of carbonyl (C=O) groups excluding carboxylic acids is 2. The van der Waals surface area contributed by atoms with Gasteiger partial charge in [-0.25, -0.2) is 0 Å². The smallest absolute Gasteiger partial charge is 0.321 e. The first-order valence-electron chi connectivity index (χ1n) is 9.02. The Bertz CT molecular complexity index is 633. The lowest BCUT2D eigenvalue weighted by atomic mass is 9.97. The van der Waals surface area contributed by atoms with Gasteiger partial charge in [0.15, 0.2) is 5.92 Å². The van der Waals surface area contributed by atoms with Crippen molar-refractivity contribution in [2.75, 3.05) is 0 Å². The van der Waals surface area contributed by atoms with Gasteiger partial charge in [-0.05, 0) is 65.5 Å². The number of carbonyl (C=O) groups is 3. The zero-order valence-electron chi connectivity index (χ0n) is 17.0. The predicted molar refractivity (Wildman–Crippen MR) is 101 cm³/mol. The van der Waals surface area contributed by atoms with Gasteiger partial charge in [0.1, 0.15) is 11.2 Å². The van der Waals surface area contributed by atoms with Crippen molar-refractivity contribution >= 4 is 17.9 Å². The fourth-order valence-corrected chi connectivity index (χ4v) is 2.34. The fourth-order valence-electron chi connectivity index (χ4n) is 2.34. The van der Waals surface area contributed by atoms with Crippen molar-refractivity contribution in [3.05, 3.63) is 35.4 Å². The van der Waals surface area contributed by atoms with Crippen LogP contribution in [0.4, 0.5) is 0 Å². The van der Waals surface area contributed by atoms with Gasteiger partial charge in [0, 0.05) is 6.42 Å². The monoisotopic (exact) mass is 378 g/mol. The maximum atomic E-state index is 12.5. The number of benzene rings is 1. The molecule has 6 heteroatoms. The summed E-state index contributed by atoms with van der Waals surface area (Å²) in [7, 11) is 0. The molecule has 6 nitrogen and oxygen atoms in total. The quantitative estimate of drug-likeness (QED) is 0.576. The van der Waals surface area contributed by atoms with E-state index in [1.165, 1.54) is 0 Å². The molecule has 0 saturated carbocycles. The summed E-state index contributed by atoms with van der Waals surface area (Å²) in [6.07, 6.45) is 0.637. The molecule has 0 radical (unpaired) electrons. The Balaban J connectivity index is 2.94. The largest absolute Gasteiger partial charge is 0.481 e. The molecule has 0 saturated heterocycles. The molecular weight excluding hydrogens is 348 g/mol. The van der Waals surface area contributed by atoms with Crippen LogP contribution in [-0.4, -0.2) is 34.2 Å². The molecule has 0 unspecified atom stereocenters. The number of rotatable bonds is 7. The van der Waals surface area contributed by atoms with Crippen LogP contribution in [0.15, 0.2) is 24.3 Å². The van der Waals surface area contributed by atoms with Crippen molar-refractivity contribution in [3.63, 3.8) is 0 Å². The molecule has 0 bridgehead atoms. The van der Waals surface area contributed by atoms with Crippen molar-refractivity contribution in [3.8, 4) is 0 Å². The number of esters is 2. The van der Waals surface area contributed by atoms with E-state index in [9.17, 15) is 14.4 Å². The third-order valence-electron chi connectivity index (χ3n) is 3.47. The Morgan fingerprint density at radius 3 is 1.63 bits per heavy atom. The molecule has 150 valence electrons. The van der Waals surface area contributed by atoms with Crippen molar-refractivity contribution < 1.29 is 29.0 Å². The molecule has 1 rings (SSSR count). The molecule has 0 aromatic heterocycles. The number of hydrogen-bond acceptors (Lipinski definition) is 5. The molecule has 1 aromatic carbocycles. The molecular formula is C21H30O6. The SMILES string of the molecule is CC(C)(C)OC(=O)C(Cc1ccc(CCC(=O)O)cc1)C(=O)OC(C)(C)C. The Kier molecular flexibility index (Phi) is 7.57. The van der Waals surface area contributed by atoms with Crippen molar-refractivity contribution in [2.24, 2.45) is 5.92 Å². The van der Waals surface area contributed by atoms with Gasteiger partial charge in [-0.2, -0.15) is 0 Å². The molecule has 0 spiro atoms. The van der Waals surface area contributed by atoms with E-state index in [0.717, 1.165) is 11.1 Å². The molecule has 0 heterocycles. The Morgan fingerprint density at radius 1 is 0.852 bits per heavy atom. The molecule has 0 aliphatic rings. The van der Waals surface area contributed by atoms with Gasteiger partial charge < -0.3 is 14.6 Å². The zero-order chi connectivity index (χ0) is 20.8. The number of hydrogen-bond donors (Lipinski definition) is 1. The standard InChI is InChI=1S/C21H30O6/c1-20(2,3)26-18(24)16(19(25)27-21(4,5)6)13-15-9-7-14(8-10-15)11-12-17(22)23/h7-10,16H,11-13H2,1-6H3,(H,22,23). The van der Waals surface area contributed by atoms with Gasteiger partial charge >= 0.3 is 17.9 Å². The molecule has 27 heavy (non-hydrogen) atoms. The molecule has 0 aliphatic carbocycles. The normalized spacial score (nSPS) is 12.0. The Morgan fingerprint density at radius 2 is 1.26 bits per heavy atom. The highest BCUT2D eigenvalue weighted by Gasteiger charge is 2.34.